The van der Waals surface area contributed by atoms with E-state index in [1.165, 1.54) is 12.1 Å². The number of hydrogen-bond acceptors (Lipinski definition) is 0. The molecule has 0 saturated heterocycles. The summed E-state index contributed by atoms with van der Waals surface area (Å²) in [5.41, 5.74) is 5.86. The predicted molar refractivity (Wildman–Crippen MR) is 241 cm³/mol. The second-order valence-corrected chi connectivity index (χ2v) is 20.5. The fourth-order valence-corrected chi connectivity index (χ4v) is 8.49. The standard InChI is InChI=1S/C53H50F5N3/c1-50(2,3)28-14-18-38-32(22-28)33-23-29(51(4,5)6)15-19-39(33)60(38)42-26-36(44-45(54)47(56)49(58)48(57)46(44)55)37(59-13)27-43(42)61-40-20-16-30(52(7,8)9)24-34(40)35-25-31(53(10,11)12)17-21-41(35)61/h14-27H,1-12H3. The van der Waals surface area contributed by atoms with Crippen LogP contribution in [0.1, 0.15) is 105 Å². The largest absolute Gasteiger partial charge is 0.308 e. The van der Waals surface area contributed by atoms with Crippen LogP contribution in [0.3, 0.4) is 0 Å². The molecule has 312 valence electrons. The molecule has 0 atom stereocenters. The lowest BCUT2D eigenvalue weighted by molar-refractivity contribution is 0.381. The maximum atomic E-state index is 15.9. The molecule has 6 aromatic carbocycles. The van der Waals surface area contributed by atoms with E-state index in [1.54, 1.807) is 0 Å². The van der Waals surface area contributed by atoms with Crippen molar-refractivity contribution in [3.63, 3.8) is 0 Å². The Kier molecular flexibility index (Phi) is 9.44. The zero-order valence-electron chi connectivity index (χ0n) is 36.8. The fraction of sp³-hybridized carbons (Fsp3) is 0.302. The fourth-order valence-electron chi connectivity index (χ4n) is 8.49. The first-order valence-electron chi connectivity index (χ1n) is 20.6. The summed E-state index contributed by atoms with van der Waals surface area (Å²) in [5.74, 6) is -10.4. The van der Waals surface area contributed by atoms with Gasteiger partial charge in [0.2, 0.25) is 5.82 Å². The van der Waals surface area contributed by atoms with Crippen LogP contribution in [0.2, 0.25) is 0 Å². The topological polar surface area (TPSA) is 14.2 Å². The van der Waals surface area contributed by atoms with Crippen molar-refractivity contribution in [3.8, 4) is 22.5 Å². The van der Waals surface area contributed by atoms with Crippen molar-refractivity contribution in [1.82, 2.24) is 9.13 Å². The van der Waals surface area contributed by atoms with E-state index in [9.17, 15) is 4.39 Å². The average Bonchev–Trinajstić information content (AvgIpc) is 3.69. The molecule has 0 spiro atoms. The molecule has 2 aromatic heterocycles. The smallest absolute Gasteiger partial charge is 0.200 e. The first kappa shape index (κ1) is 41.8. The van der Waals surface area contributed by atoms with Crippen molar-refractivity contribution in [3.05, 3.63) is 148 Å². The molecule has 0 unspecified atom stereocenters. The Bertz CT molecular complexity index is 3010. The predicted octanol–water partition coefficient (Wildman–Crippen LogP) is 16.0. The molecular formula is C53H50F5N3. The molecule has 0 aliphatic rings. The van der Waals surface area contributed by atoms with E-state index < -0.39 is 40.2 Å². The molecule has 8 aromatic rings. The van der Waals surface area contributed by atoms with Gasteiger partial charge in [0.05, 0.1) is 40.0 Å². The first-order valence-corrected chi connectivity index (χ1v) is 20.6. The molecule has 8 heteroatoms. The molecule has 0 saturated carbocycles. The maximum Gasteiger partial charge on any atom is 0.200 e. The third kappa shape index (κ3) is 6.68. The van der Waals surface area contributed by atoms with E-state index in [0.717, 1.165) is 65.9 Å². The summed E-state index contributed by atoms with van der Waals surface area (Å²) in [5, 5.41) is 3.80. The SMILES string of the molecule is [C-]#[N+]c1cc(-n2c3ccc(C(C)(C)C)cc3c3cc(C(C)(C)C)ccc32)c(-n2c3ccc(C(C)(C)C)cc3c3cc(C(C)(C)C)ccc32)cc1-c1c(F)c(F)c(F)c(F)c1F. The summed E-state index contributed by atoms with van der Waals surface area (Å²) in [6.07, 6.45) is 0. The van der Waals surface area contributed by atoms with Gasteiger partial charge < -0.3 is 9.13 Å². The molecule has 0 aliphatic carbocycles. The van der Waals surface area contributed by atoms with Crippen LogP contribution in [0.25, 0.3) is 71.0 Å². The first-order chi connectivity index (χ1) is 28.3. The lowest BCUT2D eigenvalue weighted by atomic mass is 9.85. The van der Waals surface area contributed by atoms with Crippen molar-refractivity contribution in [1.29, 1.82) is 0 Å². The van der Waals surface area contributed by atoms with Gasteiger partial charge in [0, 0.05) is 27.1 Å². The van der Waals surface area contributed by atoms with Crippen molar-refractivity contribution in [2.45, 2.75) is 105 Å². The summed E-state index contributed by atoms with van der Waals surface area (Å²) in [6, 6.07) is 28.1. The Morgan fingerprint density at radius 3 is 0.951 bits per heavy atom. The Morgan fingerprint density at radius 2 is 0.672 bits per heavy atom. The van der Waals surface area contributed by atoms with E-state index in [-0.39, 0.29) is 27.3 Å². The van der Waals surface area contributed by atoms with Crippen LogP contribution in [0.5, 0.6) is 0 Å². The Balaban J connectivity index is 1.61. The van der Waals surface area contributed by atoms with Gasteiger partial charge in [-0.3, -0.25) is 0 Å². The lowest BCUT2D eigenvalue weighted by Gasteiger charge is -2.22. The molecule has 2 heterocycles. The van der Waals surface area contributed by atoms with E-state index in [4.69, 9.17) is 6.57 Å². The molecule has 0 bridgehead atoms. The summed E-state index contributed by atoms with van der Waals surface area (Å²) >= 11 is 0. The van der Waals surface area contributed by atoms with Crippen LogP contribution in [-0.4, -0.2) is 9.13 Å². The zero-order valence-corrected chi connectivity index (χ0v) is 36.8. The molecule has 61 heavy (non-hydrogen) atoms. The molecule has 0 fully saturated rings. The molecule has 3 nitrogen and oxygen atoms in total. The van der Waals surface area contributed by atoms with Gasteiger partial charge in [-0.2, -0.15) is 0 Å². The third-order valence-electron chi connectivity index (χ3n) is 12.2. The van der Waals surface area contributed by atoms with E-state index >= 15 is 17.6 Å². The second-order valence-electron chi connectivity index (χ2n) is 20.5. The summed E-state index contributed by atoms with van der Waals surface area (Å²) in [7, 11) is 0. The van der Waals surface area contributed by atoms with Crippen molar-refractivity contribution < 1.29 is 22.0 Å². The van der Waals surface area contributed by atoms with Crippen LogP contribution in [-0.2, 0) is 21.7 Å². The minimum absolute atomic E-state index is 0.178. The minimum atomic E-state index is -2.26. The third-order valence-corrected chi connectivity index (χ3v) is 12.2. The van der Waals surface area contributed by atoms with E-state index in [1.807, 2.05) is 16.7 Å². The van der Waals surface area contributed by atoms with Gasteiger partial charge in [0.15, 0.2) is 29.0 Å². The average molecular weight is 824 g/mol. The Morgan fingerprint density at radius 1 is 0.393 bits per heavy atom. The number of halogens is 5. The highest BCUT2D eigenvalue weighted by Gasteiger charge is 2.31. The van der Waals surface area contributed by atoms with Crippen molar-refractivity contribution in [2.24, 2.45) is 0 Å². The summed E-state index contributed by atoms with van der Waals surface area (Å²) in [4.78, 5) is 3.71. The normalized spacial score (nSPS) is 13.0. The summed E-state index contributed by atoms with van der Waals surface area (Å²) in [6.45, 7) is 34.1. The number of nitrogens with zero attached hydrogens (tertiary/aromatic N) is 3. The van der Waals surface area contributed by atoms with E-state index in [0.29, 0.717) is 11.4 Å². The number of hydrogen-bond donors (Lipinski definition) is 0. The molecular weight excluding hydrogens is 774 g/mol. The van der Waals surface area contributed by atoms with Gasteiger partial charge in [-0.05, 0) is 110 Å². The number of benzene rings is 6. The minimum Gasteiger partial charge on any atom is -0.308 e. The van der Waals surface area contributed by atoms with Crippen molar-refractivity contribution >= 4 is 49.3 Å². The Hall–Kier alpha value is -5.94. The quantitative estimate of drug-likeness (QED) is 0.0729. The van der Waals surface area contributed by atoms with Crippen LogP contribution in [0.4, 0.5) is 27.6 Å². The van der Waals surface area contributed by atoms with Crippen LogP contribution in [0, 0.1) is 35.7 Å². The van der Waals surface area contributed by atoms with Crippen LogP contribution in [0.15, 0.2) is 84.9 Å². The highest BCUT2D eigenvalue weighted by molar-refractivity contribution is 6.12. The second kappa shape index (κ2) is 13.8. The van der Waals surface area contributed by atoms with Gasteiger partial charge in [-0.15, -0.1) is 0 Å². The monoisotopic (exact) mass is 823 g/mol. The number of rotatable bonds is 3. The lowest BCUT2D eigenvalue weighted by Crippen LogP contribution is -2.11. The van der Waals surface area contributed by atoms with Crippen LogP contribution >= 0.6 is 0 Å². The van der Waals surface area contributed by atoms with Gasteiger partial charge in [0.1, 0.15) is 0 Å². The highest BCUT2D eigenvalue weighted by atomic mass is 19.2. The molecule has 0 N–H and O–H groups in total. The van der Waals surface area contributed by atoms with Gasteiger partial charge in [-0.1, -0.05) is 107 Å². The highest BCUT2D eigenvalue weighted by Crippen LogP contribution is 2.47. The Labute approximate surface area is 354 Å². The van der Waals surface area contributed by atoms with Crippen molar-refractivity contribution in [2.75, 3.05) is 0 Å². The van der Waals surface area contributed by atoms with Gasteiger partial charge in [0.25, 0.3) is 0 Å². The maximum absolute atomic E-state index is 15.9. The number of aromatic nitrogens is 2. The summed E-state index contributed by atoms with van der Waals surface area (Å²) < 4.78 is 80.5. The molecule has 8 rings (SSSR count). The van der Waals surface area contributed by atoms with Crippen LogP contribution < -0.4 is 0 Å². The van der Waals surface area contributed by atoms with E-state index in [2.05, 4.69) is 153 Å². The number of fused-ring (bicyclic) bond motifs is 6. The molecule has 0 radical (unpaired) electrons. The van der Waals surface area contributed by atoms with Gasteiger partial charge in [-0.25, -0.2) is 26.8 Å². The molecule has 0 amide bonds. The zero-order chi connectivity index (χ0) is 44.5. The van der Waals surface area contributed by atoms with Gasteiger partial charge >= 0.3 is 0 Å². The molecule has 0 aliphatic heterocycles.